The molecule has 0 N–H and O–H groups in total. The molecule has 11 heavy (non-hydrogen) atoms. The predicted octanol–water partition coefficient (Wildman–Crippen LogP) is -0.972. The Bertz CT molecular complexity index is 215. The van der Waals surface area contributed by atoms with Gasteiger partial charge in [-0.2, -0.15) is 0 Å². The monoisotopic (exact) mass is 160 g/mol. The van der Waals surface area contributed by atoms with Gasteiger partial charge in [-0.1, -0.05) is 0 Å². The Morgan fingerprint density at radius 2 is 2.00 bits per heavy atom. The van der Waals surface area contributed by atoms with Crippen LogP contribution in [0.1, 0.15) is 6.92 Å². The third-order valence-electron chi connectivity index (χ3n) is 0.895. The van der Waals surface area contributed by atoms with Gasteiger partial charge in [0.1, 0.15) is 0 Å². The average Bonchev–Trinajstić information content (AvgIpc) is 1.85. The first-order valence-electron chi connectivity index (χ1n) is 2.61. The minimum atomic E-state index is -1.22. The summed E-state index contributed by atoms with van der Waals surface area (Å²) in [7, 11) is 0.967. The van der Waals surface area contributed by atoms with Crippen LogP contribution in [0.15, 0.2) is 11.5 Å². The molecule has 0 unspecified atom stereocenters. The molecule has 0 aromatic carbocycles. The summed E-state index contributed by atoms with van der Waals surface area (Å²) in [6.45, 7) is 0.926. The minimum Gasteiger partial charge on any atom is -0.871 e. The second-order valence-electron chi connectivity index (χ2n) is 1.65. The van der Waals surface area contributed by atoms with Gasteiger partial charge >= 0.3 is 11.7 Å². The zero-order valence-corrected chi connectivity index (χ0v) is 5.99. The van der Waals surface area contributed by atoms with Crippen LogP contribution in [0.4, 0.5) is 0 Å². The van der Waals surface area contributed by atoms with E-state index >= 15 is 0 Å². The third-order valence-corrected chi connectivity index (χ3v) is 0.895. The smallest absolute Gasteiger partial charge is 0.408 e. The Hall–Kier alpha value is -1.59. The SMILES string of the molecule is COC(=O)/C(=C(/C)[O-])[N+](=O)[O-]. The maximum Gasteiger partial charge on any atom is 0.408 e. The molecule has 0 radical (unpaired) electrons. The molecular formula is C5H6NO5-. The Labute approximate surface area is 62.2 Å². The van der Waals surface area contributed by atoms with Crippen LogP contribution in [-0.4, -0.2) is 18.0 Å². The molecule has 6 heteroatoms. The quantitative estimate of drug-likeness (QED) is 0.170. The van der Waals surface area contributed by atoms with Crippen LogP contribution in [0, 0.1) is 10.1 Å². The number of esters is 1. The van der Waals surface area contributed by atoms with E-state index in [4.69, 9.17) is 0 Å². The topological polar surface area (TPSA) is 92.5 Å². The Morgan fingerprint density at radius 1 is 1.55 bits per heavy atom. The molecule has 0 heterocycles. The fraction of sp³-hybridized carbons (Fsp3) is 0.400. The highest BCUT2D eigenvalue weighted by atomic mass is 16.6. The number of methoxy groups -OCH3 is 1. The molecular weight excluding hydrogens is 154 g/mol. The van der Waals surface area contributed by atoms with Crippen LogP contribution in [-0.2, 0) is 9.53 Å². The zero-order valence-electron chi connectivity index (χ0n) is 5.99. The number of rotatable bonds is 2. The van der Waals surface area contributed by atoms with Crippen molar-refractivity contribution in [1.29, 1.82) is 0 Å². The Balaban J connectivity index is 4.79. The lowest BCUT2D eigenvalue weighted by molar-refractivity contribution is -0.438. The molecule has 0 aromatic rings. The number of nitrogens with zero attached hydrogens (tertiary/aromatic N) is 1. The van der Waals surface area contributed by atoms with Crippen LogP contribution in [0.25, 0.3) is 0 Å². The van der Waals surface area contributed by atoms with Gasteiger partial charge in [-0.25, -0.2) is 4.79 Å². The predicted molar refractivity (Wildman–Crippen MR) is 31.7 cm³/mol. The van der Waals surface area contributed by atoms with Crippen molar-refractivity contribution in [1.82, 2.24) is 0 Å². The maximum atomic E-state index is 10.5. The molecule has 0 fully saturated rings. The van der Waals surface area contributed by atoms with Gasteiger partial charge in [0.2, 0.25) is 0 Å². The molecule has 0 rings (SSSR count). The molecule has 0 aliphatic heterocycles. The van der Waals surface area contributed by atoms with E-state index in [1.807, 2.05) is 0 Å². The largest absolute Gasteiger partial charge is 0.871 e. The van der Waals surface area contributed by atoms with Crippen LogP contribution in [0.3, 0.4) is 0 Å². The maximum absolute atomic E-state index is 10.5. The number of carbonyl (C=O) groups is 1. The van der Waals surface area contributed by atoms with E-state index in [1.165, 1.54) is 0 Å². The molecule has 6 nitrogen and oxygen atoms in total. The normalized spacial score (nSPS) is 11.8. The molecule has 0 aliphatic rings. The Morgan fingerprint density at radius 3 is 2.09 bits per heavy atom. The molecule has 0 amide bonds. The van der Waals surface area contributed by atoms with Gasteiger partial charge < -0.3 is 9.84 Å². The van der Waals surface area contributed by atoms with E-state index in [9.17, 15) is 20.0 Å². The summed E-state index contributed by atoms with van der Waals surface area (Å²) < 4.78 is 4.00. The highest BCUT2D eigenvalue weighted by molar-refractivity contribution is 5.85. The molecule has 0 aromatic heterocycles. The second kappa shape index (κ2) is 3.55. The number of hydrogen-bond donors (Lipinski definition) is 0. The standard InChI is InChI=1S/C5H7NO5/c1-3(7)4(6(9)10)5(8)11-2/h7H,1-2H3/p-1/b4-3+. The first kappa shape index (κ1) is 9.41. The van der Waals surface area contributed by atoms with Crippen LogP contribution < -0.4 is 5.11 Å². The molecule has 0 aliphatic carbocycles. The van der Waals surface area contributed by atoms with Gasteiger partial charge in [0, 0.05) is 0 Å². The second-order valence-corrected chi connectivity index (χ2v) is 1.65. The highest BCUT2D eigenvalue weighted by Gasteiger charge is 2.21. The number of ether oxygens (including phenoxy) is 1. The van der Waals surface area contributed by atoms with E-state index in [2.05, 4.69) is 4.74 Å². The number of allylic oxidation sites excluding steroid dienone is 1. The van der Waals surface area contributed by atoms with Crippen molar-refractivity contribution < 1.29 is 19.6 Å². The molecule has 62 valence electrons. The van der Waals surface area contributed by atoms with Crippen LogP contribution in [0.5, 0.6) is 0 Å². The molecule has 0 saturated heterocycles. The van der Waals surface area contributed by atoms with E-state index in [0.29, 0.717) is 0 Å². The van der Waals surface area contributed by atoms with Crippen molar-refractivity contribution >= 4 is 5.97 Å². The van der Waals surface area contributed by atoms with Crippen molar-refractivity contribution in [3.63, 3.8) is 0 Å². The van der Waals surface area contributed by atoms with E-state index in [-0.39, 0.29) is 0 Å². The number of nitro groups is 1. The van der Waals surface area contributed by atoms with Crippen molar-refractivity contribution in [2.24, 2.45) is 0 Å². The summed E-state index contributed by atoms with van der Waals surface area (Å²) >= 11 is 0. The van der Waals surface area contributed by atoms with Crippen molar-refractivity contribution in [2.45, 2.75) is 6.92 Å². The molecule has 0 atom stereocenters. The van der Waals surface area contributed by atoms with E-state index in [0.717, 1.165) is 14.0 Å². The van der Waals surface area contributed by atoms with Crippen LogP contribution in [0.2, 0.25) is 0 Å². The summed E-state index contributed by atoms with van der Waals surface area (Å²) in [6.07, 6.45) is 0. The lowest BCUT2D eigenvalue weighted by Crippen LogP contribution is -2.19. The summed E-state index contributed by atoms with van der Waals surface area (Å²) in [4.78, 5) is 19.4. The fourth-order valence-corrected chi connectivity index (χ4v) is 0.443. The van der Waals surface area contributed by atoms with Gasteiger partial charge in [-0.3, -0.25) is 10.1 Å². The molecule has 0 saturated carbocycles. The molecule has 0 bridgehead atoms. The highest BCUT2D eigenvalue weighted by Crippen LogP contribution is 2.00. The van der Waals surface area contributed by atoms with Gasteiger partial charge in [-0.05, 0) is 12.7 Å². The van der Waals surface area contributed by atoms with E-state index in [1.54, 1.807) is 0 Å². The van der Waals surface area contributed by atoms with E-state index < -0.39 is 22.3 Å². The van der Waals surface area contributed by atoms with Crippen molar-refractivity contribution in [3.05, 3.63) is 21.6 Å². The first-order chi connectivity index (χ1) is 5.00. The zero-order chi connectivity index (χ0) is 9.02. The van der Waals surface area contributed by atoms with Crippen molar-refractivity contribution in [2.75, 3.05) is 7.11 Å². The Kier molecular flexibility index (Phi) is 3.03. The van der Waals surface area contributed by atoms with Crippen molar-refractivity contribution in [3.8, 4) is 0 Å². The third kappa shape index (κ3) is 2.24. The number of hydrogen-bond acceptors (Lipinski definition) is 5. The lowest BCUT2D eigenvalue weighted by atomic mass is 10.4. The lowest BCUT2D eigenvalue weighted by Gasteiger charge is -2.04. The summed E-state index contributed by atoms with van der Waals surface area (Å²) in [5.74, 6) is -2.13. The van der Waals surface area contributed by atoms with Crippen LogP contribution >= 0.6 is 0 Å². The summed E-state index contributed by atoms with van der Waals surface area (Å²) in [6, 6.07) is 0. The average molecular weight is 160 g/mol. The van der Waals surface area contributed by atoms with Gasteiger partial charge in [0.15, 0.2) is 0 Å². The van der Waals surface area contributed by atoms with Gasteiger partial charge in [0.25, 0.3) is 0 Å². The first-order valence-corrected chi connectivity index (χ1v) is 2.61. The summed E-state index contributed by atoms with van der Waals surface area (Å²) in [5.41, 5.74) is -1.05. The van der Waals surface area contributed by atoms with Gasteiger partial charge in [-0.15, -0.1) is 0 Å². The minimum absolute atomic E-state index is 0.915. The molecule has 0 spiro atoms. The van der Waals surface area contributed by atoms with Gasteiger partial charge in [0.05, 0.1) is 12.0 Å². The summed E-state index contributed by atoms with van der Waals surface area (Å²) in [5, 5.41) is 20.4. The number of carbonyl (C=O) groups excluding carboxylic acids is 1. The fourth-order valence-electron chi connectivity index (χ4n) is 0.443.